The summed E-state index contributed by atoms with van der Waals surface area (Å²) in [4.78, 5) is 4.15. The summed E-state index contributed by atoms with van der Waals surface area (Å²) in [5, 5.41) is 8.14. The van der Waals surface area contributed by atoms with Crippen LogP contribution in [0.4, 0.5) is 0 Å². The maximum Gasteiger partial charge on any atom is 0.102 e. The molecule has 2 aromatic rings. The van der Waals surface area contributed by atoms with Gasteiger partial charge in [-0.3, -0.25) is 4.98 Å². The van der Waals surface area contributed by atoms with Gasteiger partial charge in [0.15, 0.2) is 0 Å². The van der Waals surface area contributed by atoms with Gasteiger partial charge in [0.2, 0.25) is 0 Å². The quantitative estimate of drug-likeness (QED) is 0.862. The molecule has 5 nitrogen and oxygen atoms in total. The summed E-state index contributed by atoms with van der Waals surface area (Å²) in [5.41, 5.74) is 8.54. The molecule has 90 valence electrons. The highest BCUT2D eigenvalue weighted by molar-refractivity contribution is 5.17. The second-order valence-electron chi connectivity index (χ2n) is 4.89. The van der Waals surface area contributed by atoms with E-state index in [9.17, 15) is 0 Å². The van der Waals surface area contributed by atoms with E-state index in [4.69, 9.17) is 5.73 Å². The summed E-state index contributed by atoms with van der Waals surface area (Å²) in [6, 6.07) is 2.09. The van der Waals surface area contributed by atoms with Gasteiger partial charge in [0.1, 0.15) is 5.69 Å². The Morgan fingerprint density at radius 1 is 1.35 bits per heavy atom. The van der Waals surface area contributed by atoms with Gasteiger partial charge in [0.25, 0.3) is 0 Å². The third-order valence-electron chi connectivity index (χ3n) is 2.47. The van der Waals surface area contributed by atoms with Crippen molar-refractivity contribution in [1.29, 1.82) is 0 Å². The minimum Gasteiger partial charge on any atom is -0.320 e. The van der Waals surface area contributed by atoms with Gasteiger partial charge >= 0.3 is 0 Å². The molecular weight excluding hydrogens is 214 g/mol. The molecule has 0 unspecified atom stereocenters. The van der Waals surface area contributed by atoms with E-state index in [-0.39, 0.29) is 0 Å². The average molecular weight is 231 g/mol. The molecule has 0 saturated heterocycles. The van der Waals surface area contributed by atoms with Crippen LogP contribution < -0.4 is 5.73 Å². The molecule has 0 aliphatic heterocycles. The van der Waals surface area contributed by atoms with Gasteiger partial charge in [0, 0.05) is 12.4 Å². The molecule has 0 fully saturated rings. The van der Waals surface area contributed by atoms with Crippen molar-refractivity contribution < 1.29 is 0 Å². The van der Waals surface area contributed by atoms with E-state index in [1.165, 1.54) is 0 Å². The molecule has 2 N–H and O–H groups in total. The number of pyridine rings is 1. The molecule has 0 aliphatic rings. The van der Waals surface area contributed by atoms with Gasteiger partial charge < -0.3 is 5.73 Å². The van der Waals surface area contributed by atoms with E-state index in [1.54, 1.807) is 4.68 Å². The average Bonchev–Trinajstić information content (AvgIpc) is 2.65. The molecule has 0 bridgehead atoms. The number of aryl methyl sites for hydroxylation is 1. The topological polar surface area (TPSA) is 69.6 Å². The number of hydrogen-bond donors (Lipinski definition) is 1. The summed E-state index contributed by atoms with van der Waals surface area (Å²) in [6.07, 6.45) is 5.55. The molecule has 17 heavy (non-hydrogen) atoms. The number of rotatable bonds is 3. The van der Waals surface area contributed by atoms with E-state index < -0.39 is 5.54 Å². The SMILES string of the molecule is Cc1cncc(Cn2cc(C(C)(C)N)nn2)c1. The highest BCUT2D eigenvalue weighted by atomic mass is 15.4. The van der Waals surface area contributed by atoms with Crippen molar-refractivity contribution in [1.82, 2.24) is 20.0 Å². The highest BCUT2D eigenvalue weighted by Crippen LogP contribution is 2.13. The third-order valence-corrected chi connectivity index (χ3v) is 2.47. The Labute approximate surface area is 101 Å². The minimum atomic E-state index is -0.455. The summed E-state index contributed by atoms with van der Waals surface area (Å²) in [5.74, 6) is 0. The Morgan fingerprint density at radius 2 is 2.12 bits per heavy atom. The van der Waals surface area contributed by atoms with Crippen LogP contribution in [0.15, 0.2) is 24.7 Å². The fourth-order valence-corrected chi connectivity index (χ4v) is 1.56. The van der Waals surface area contributed by atoms with Crippen LogP contribution in [0.3, 0.4) is 0 Å². The van der Waals surface area contributed by atoms with Crippen LogP contribution >= 0.6 is 0 Å². The van der Waals surface area contributed by atoms with Gasteiger partial charge in [0.05, 0.1) is 18.3 Å². The van der Waals surface area contributed by atoms with Crippen LogP contribution in [0.25, 0.3) is 0 Å². The highest BCUT2D eigenvalue weighted by Gasteiger charge is 2.18. The van der Waals surface area contributed by atoms with Crippen molar-refractivity contribution in [3.8, 4) is 0 Å². The van der Waals surface area contributed by atoms with E-state index in [0.29, 0.717) is 6.54 Å². The fraction of sp³-hybridized carbons (Fsp3) is 0.417. The number of nitrogens with two attached hydrogens (primary N) is 1. The van der Waals surface area contributed by atoms with E-state index in [0.717, 1.165) is 16.8 Å². The maximum absolute atomic E-state index is 5.96. The van der Waals surface area contributed by atoms with Crippen molar-refractivity contribution in [3.05, 3.63) is 41.5 Å². The van der Waals surface area contributed by atoms with Gasteiger partial charge in [-0.15, -0.1) is 5.10 Å². The van der Waals surface area contributed by atoms with Gasteiger partial charge in [-0.25, -0.2) is 4.68 Å². The first-order valence-corrected chi connectivity index (χ1v) is 5.55. The molecule has 0 spiro atoms. The summed E-state index contributed by atoms with van der Waals surface area (Å²) in [7, 11) is 0. The standard InChI is InChI=1S/C12H17N5/c1-9-4-10(6-14-5-9)7-17-8-11(15-16-17)12(2,3)13/h4-6,8H,7,13H2,1-3H3. The molecule has 5 heteroatoms. The fourth-order valence-electron chi connectivity index (χ4n) is 1.56. The zero-order valence-electron chi connectivity index (χ0n) is 10.4. The minimum absolute atomic E-state index is 0.455. The van der Waals surface area contributed by atoms with E-state index in [1.807, 2.05) is 39.4 Å². The Kier molecular flexibility index (Phi) is 2.93. The number of aromatic nitrogens is 4. The summed E-state index contributed by atoms with van der Waals surface area (Å²) < 4.78 is 1.78. The summed E-state index contributed by atoms with van der Waals surface area (Å²) >= 11 is 0. The Morgan fingerprint density at radius 3 is 2.71 bits per heavy atom. The predicted octanol–water partition coefficient (Wildman–Crippen LogP) is 1.22. The second-order valence-corrected chi connectivity index (χ2v) is 4.89. The van der Waals surface area contributed by atoms with Crippen molar-refractivity contribution >= 4 is 0 Å². The first-order valence-electron chi connectivity index (χ1n) is 5.55. The van der Waals surface area contributed by atoms with Crippen LogP contribution in [0.5, 0.6) is 0 Å². The van der Waals surface area contributed by atoms with Crippen LogP contribution in [-0.4, -0.2) is 20.0 Å². The number of hydrogen-bond acceptors (Lipinski definition) is 4. The van der Waals surface area contributed by atoms with E-state index in [2.05, 4.69) is 21.4 Å². The van der Waals surface area contributed by atoms with Crippen LogP contribution in [0.1, 0.15) is 30.7 Å². The molecule has 0 atom stereocenters. The molecule has 2 rings (SSSR count). The first-order chi connectivity index (χ1) is 7.95. The first kappa shape index (κ1) is 11.7. The molecule has 2 aromatic heterocycles. The predicted molar refractivity (Wildman–Crippen MR) is 65.3 cm³/mol. The van der Waals surface area contributed by atoms with Crippen LogP contribution in [0.2, 0.25) is 0 Å². The van der Waals surface area contributed by atoms with Crippen molar-refractivity contribution in [2.75, 3.05) is 0 Å². The monoisotopic (exact) mass is 231 g/mol. The van der Waals surface area contributed by atoms with Crippen LogP contribution in [-0.2, 0) is 12.1 Å². The zero-order valence-corrected chi connectivity index (χ0v) is 10.4. The van der Waals surface area contributed by atoms with Crippen molar-refractivity contribution in [2.24, 2.45) is 5.73 Å². The second kappa shape index (κ2) is 4.25. The molecule has 0 radical (unpaired) electrons. The van der Waals surface area contributed by atoms with Crippen molar-refractivity contribution in [3.63, 3.8) is 0 Å². The van der Waals surface area contributed by atoms with Gasteiger partial charge in [-0.2, -0.15) is 0 Å². The lowest BCUT2D eigenvalue weighted by molar-refractivity contribution is 0.533. The lowest BCUT2D eigenvalue weighted by Crippen LogP contribution is -2.29. The largest absolute Gasteiger partial charge is 0.320 e. The zero-order chi connectivity index (χ0) is 12.5. The Bertz CT molecular complexity index is 510. The molecule has 2 heterocycles. The lowest BCUT2D eigenvalue weighted by Gasteiger charge is -2.13. The van der Waals surface area contributed by atoms with Gasteiger partial charge in [-0.1, -0.05) is 11.3 Å². The van der Waals surface area contributed by atoms with Crippen LogP contribution in [0, 0.1) is 6.92 Å². The van der Waals surface area contributed by atoms with E-state index >= 15 is 0 Å². The molecule has 0 aliphatic carbocycles. The normalized spacial score (nSPS) is 11.8. The maximum atomic E-state index is 5.96. The van der Waals surface area contributed by atoms with Gasteiger partial charge in [-0.05, 0) is 31.9 Å². The summed E-state index contributed by atoms with van der Waals surface area (Å²) in [6.45, 7) is 6.51. The lowest BCUT2D eigenvalue weighted by atomic mass is 10.0. The molecular formula is C12H17N5. The Balaban J connectivity index is 2.17. The molecule has 0 aromatic carbocycles. The van der Waals surface area contributed by atoms with Crippen molar-refractivity contribution in [2.45, 2.75) is 32.9 Å². The number of nitrogens with zero attached hydrogens (tertiary/aromatic N) is 4. The smallest absolute Gasteiger partial charge is 0.102 e. The Hall–Kier alpha value is -1.75. The molecule has 0 saturated carbocycles. The third kappa shape index (κ3) is 2.88. The molecule has 0 amide bonds.